The van der Waals surface area contributed by atoms with Crippen LogP contribution in [0.1, 0.15) is 5.56 Å². The average Bonchev–Trinajstić information content (AvgIpc) is 2.18. The minimum absolute atomic E-state index is 0.480. The number of hydrogen-bond donors (Lipinski definition) is 2. The molecule has 1 aromatic heterocycles. The second-order valence-electron chi connectivity index (χ2n) is 2.85. The number of carboxylic acid groups (broad SMARTS) is 1. The highest BCUT2D eigenvalue weighted by atomic mass is 16.4. The molecule has 0 aliphatic rings. The van der Waals surface area contributed by atoms with Crippen molar-refractivity contribution in [2.24, 2.45) is 0 Å². The third-order valence-corrected chi connectivity index (χ3v) is 1.66. The number of hydrogen-bond acceptors (Lipinski definition) is 3. The van der Waals surface area contributed by atoms with Gasteiger partial charge in [-0.1, -0.05) is 0 Å². The smallest absolute Gasteiger partial charge is 0.328 e. The fourth-order valence-electron chi connectivity index (χ4n) is 0.935. The molecule has 0 saturated heterocycles. The minimum Gasteiger partial charge on any atom is -0.478 e. The Labute approximate surface area is 86.5 Å². The van der Waals surface area contributed by atoms with E-state index < -0.39 is 11.9 Å². The second kappa shape index (κ2) is 4.90. The van der Waals surface area contributed by atoms with Crippen molar-refractivity contribution in [1.82, 2.24) is 4.98 Å². The third-order valence-electron chi connectivity index (χ3n) is 1.66. The highest BCUT2D eigenvalue weighted by Crippen LogP contribution is 2.11. The van der Waals surface area contributed by atoms with E-state index in [1.165, 1.54) is 0 Å². The Balaban J connectivity index is 2.67. The van der Waals surface area contributed by atoms with Crippen LogP contribution in [-0.2, 0) is 9.59 Å². The lowest BCUT2D eigenvalue weighted by atomic mass is 10.2. The molecule has 0 spiro atoms. The van der Waals surface area contributed by atoms with E-state index in [4.69, 9.17) is 5.11 Å². The van der Waals surface area contributed by atoms with Gasteiger partial charge >= 0.3 is 5.97 Å². The number of aryl methyl sites for hydroxylation is 1. The summed E-state index contributed by atoms with van der Waals surface area (Å²) in [6.07, 6.45) is 4.90. The molecule has 1 heterocycles. The van der Waals surface area contributed by atoms with E-state index in [0.29, 0.717) is 5.69 Å². The number of amides is 1. The Kier molecular flexibility index (Phi) is 3.56. The molecule has 0 fully saturated rings. The van der Waals surface area contributed by atoms with Crippen molar-refractivity contribution < 1.29 is 14.7 Å². The Morgan fingerprint density at radius 1 is 1.47 bits per heavy atom. The van der Waals surface area contributed by atoms with E-state index in [9.17, 15) is 9.59 Å². The summed E-state index contributed by atoms with van der Waals surface area (Å²) in [5, 5.41) is 10.8. The normalized spacial score (nSPS) is 10.2. The van der Waals surface area contributed by atoms with E-state index in [2.05, 4.69) is 10.3 Å². The van der Waals surface area contributed by atoms with Crippen LogP contribution in [-0.4, -0.2) is 22.0 Å². The predicted molar refractivity (Wildman–Crippen MR) is 54.4 cm³/mol. The lowest BCUT2D eigenvalue weighted by Crippen LogP contribution is -2.09. The van der Waals surface area contributed by atoms with Crippen LogP contribution in [0.15, 0.2) is 30.6 Å². The largest absolute Gasteiger partial charge is 0.478 e. The maximum atomic E-state index is 11.2. The number of carbonyl (C=O) groups is 2. The fourth-order valence-corrected chi connectivity index (χ4v) is 0.935. The number of pyridine rings is 1. The maximum absolute atomic E-state index is 11.2. The Bertz CT molecular complexity index is 413. The summed E-state index contributed by atoms with van der Waals surface area (Å²) in [7, 11) is 0. The first-order valence-electron chi connectivity index (χ1n) is 4.22. The van der Waals surface area contributed by atoms with Crippen molar-refractivity contribution >= 4 is 17.6 Å². The standard InChI is InChI=1S/C10H10N2O3/c1-7-6-11-5-4-8(7)12-9(13)2-3-10(14)15/h2-6H,1H3,(H,14,15)(H,11,12,13). The number of carboxylic acids is 1. The van der Waals surface area contributed by atoms with Crippen LogP contribution in [0.2, 0.25) is 0 Å². The molecule has 0 saturated carbocycles. The molecule has 0 radical (unpaired) electrons. The van der Waals surface area contributed by atoms with Gasteiger partial charge in [-0.2, -0.15) is 0 Å². The first-order valence-corrected chi connectivity index (χ1v) is 4.22. The molecule has 5 nitrogen and oxygen atoms in total. The molecule has 1 amide bonds. The van der Waals surface area contributed by atoms with Crippen molar-refractivity contribution in [3.05, 3.63) is 36.2 Å². The highest BCUT2D eigenvalue weighted by Gasteiger charge is 2.00. The van der Waals surface area contributed by atoms with Crippen molar-refractivity contribution in [2.75, 3.05) is 5.32 Å². The maximum Gasteiger partial charge on any atom is 0.328 e. The molecule has 1 aromatic rings. The van der Waals surface area contributed by atoms with Crippen LogP contribution in [0.25, 0.3) is 0 Å². The summed E-state index contributed by atoms with van der Waals surface area (Å²) >= 11 is 0. The first kappa shape index (κ1) is 10.9. The van der Waals surface area contributed by atoms with E-state index in [0.717, 1.165) is 17.7 Å². The molecule has 0 atom stereocenters. The molecule has 78 valence electrons. The van der Waals surface area contributed by atoms with E-state index >= 15 is 0 Å². The van der Waals surface area contributed by atoms with Crippen molar-refractivity contribution in [2.45, 2.75) is 6.92 Å². The Morgan fingerprint density at radius 2 is 2.20 bits per heavy atom. The summed E-state index contributed by atoms with van der Waals surface area (Å²) in [6.45, 7) is 1.80. The topological polar surface area (TPSA) is 79.3 Å². The molecule has 0 aromatic carbocycles. The van der Waals surface area contributed by atoms with Crippen molar-refractivity contribution in [3.8, 4) is 0 Å². The van der Waals surface area contributed by atoms with Gasteiger partial charge in [0.1, 0.15) is 0 Å². The molecular weight excluding hydrogens is 196 g/mol. The minimum atomic E-state index is -1.16. The lowest BCUT2D eigenvalue weighted by Gasteiger charge is -2.04. The first-order chi connectivity index (χ1) is 7.09. The lowest BCUT2D eigenvalue weighted by molar-refractivity contribution is -0.131. The molecule has 0 unspecified atom stereocenters. The zero-order valence-electron chi connectivity index (χ0n) is 8.10. The monoisotopic (exact) mass is 206 g/mol. The number of rotatable bonds is 3. The Hall–Kier alpha value is -2.17. The van der Waals surface area contributed by atoms with E-state index in [1.54, 1.807) is 25.4 Å². The van der Waals surface area contributed by atoms with Gasteiger partial charge in [-0.25, -0.2) is 4.79 Å². The molecule has 5 heteroatoms. The molecule has 2 N–H and O–H groups in total. The number of aromatic nitrogens is 1. The zero-order chi connectivity index (χ0) is 11.3. The highest BCUT2D eigenvalue weighted by molar-refractivity contribution is 6.02. The summed E-state index contributed by atoms with van der Waals surface area (Å²) in [5.41, 5.74) is 1.43. The summed E-state index contributed by atoms with van der Waals surface area (Å²) in [4.78, 5) is 25.2. The SMILES string of the molecule is Cc1cnccc1NC(=O)C=CC(=O)O. The second-order valence-corrected chi connectivity index (χ2v) is 2.85. The van der Waals surface area contributed by atoms with E-state index in [1.807, 2.05) is 0 Å². The average molecular weight is 206 g/mol. The van der Waals surface area contributed by atoms with Gasteiger partial charge in [0, 0.05) is 30.2 Å². The number of anilines is 1. The molecule has 0 bridgehead atoms. The zero-order valence-corrected chi connectivity index (χ0v) is 8.10. The molecule has 15 heavy (non-hydrogen) atoms. The summed E-state index contributed by atoms with van der Waals surface area (Å²) in [6, 6.07) is 1.64. The van der Waals surface area contributed by atoms with Crippen LogP contribution in [0.4, 0.5) is 5.69 Å². The number of nitrogens with one attached hydrogen (secondary N) is 1. The van der Waals surface area contributed by atoms with Gasteiger partial charge < -0.3 is 10.4 Å². The summed E-state index contributed by atoms with van der Waals surface area (Å²) in [5.74, 6) is -1.64. The van der Waals surface area contributed by atoms with Gasteiger partial charge in [-0.05, 0) is 18.6 Å². The predicted octanol–water partition coefficient (Wildman–Crippen LogP) is 0.969. The van der Waals surface area contributed by atoms with E-state index in [-0.39, 0.29) is 0 Å². The summed E-state index contributed by atoms with van der Waals surface area (Å²) < 4.78 is 0. The van der Waals surface area contributed by atoms with Gasteiger partial charge in [0.15, 0.2) is 0 Å². The number of aliphatic carboxylic acids is 1. The van der Waals surface area contributed by atoms with Crippen molar-refractivity contribution in [1.29, 1.82) is 0 Å². The van der Waals surface area contributed by atoms with Crippen LogP contribution < -0.4 is 5.32 Å². The molecule has 0 aliphatic heterocycles. The van der Waals surface area contributed by atoms with Crippen LogP contribution >= 0.6 is 0 Å². The molecule has 0 aliphatic carbocycles. The van der Waals surface area contributed by atoms with Gasteiger partial charge in [-0.15, -0.1) is 0 Å². The fraction of sp³-hybridized carbons (Fsp3) is 0.100. The molecule has 1 rings (SSSR count). The van der Waals surface area contributed by atoms with Crippen LogP contribution in [0, 0.1) is 6.92 Å². The van der Waals surface area contributed by atoms with Crippen LogP contribution in [0.3, 0.4) is 0 Å². The Morgan fingerprint density at radius 3 is 2.80 bits per heavy atom. The van der Waals surface area contributed by atoms with Gasteiger partial charge in [0.2, 0.25) is 5.91 Å². The molecular formula is C10H10N2O3. The number of nitrogens with zero attached hydrogens (tertiary/aromatic N) is 1. The van der Waals surface area contributed by atoms with Crippen molar-refractivity contribution in [3.63, 3.8) is 0 Å². The quantitative estimate of drug-likeness (QED) is 0.722. The van der Waals surface area contributed by atoms with Gasteiger partial charge in [0.25, 0.3) is 0 Å². The van der Waals surface area contributed by atoms with Gasteiger partial charge in [0.05, 0.1) is 0 Å². The van der Waals surface area contributed by atoms with Gasteiger partial charge in [-0.3, -0.25) is 9.78 Å². The number of carbonyl (C=O) groups excluding carboxylic acids is 1. The van der Waals surface area contributed by atoms with Crippen LogP contribution in [0.5, 0.6) is 0 Å². The third kappa shape index (κ3) is 3.60.